The van der Waals surface area contributed by atoms with Crippen molar-refractivity contribution < 1.29 is 9.53 Å². The number of hydrogen-bond acceptors (Lipinski definition) is 2. The average Bonchev–Trinajstić information content (AvgIpc) is 2.27. The van der Waals surface area contributed by atoms with Crippen molar-refractivity contribution in [3.63, 3.8) is 0 Å². The van der Waals surface area contributed by atoms with Gasteiger partial charge in [-0.05, 0) is 46.0 Å². The summed E-state index contributed by atoms with van der Waals surface area (Å²) in [4.78, 5) is 11.9. The highest BCUT2D eigenvalue weighted by Crippen LogP contribution is 2.39. The Morgan fingerprint density at radius 1 is 1.47 bits per heavy atom. The Morgan fingerprint density at radius 2 is 2.18 bits per heavy atom. The maximum absolute atomic E-state index is 11.9. The molecule has 3 nitrogen and oxygen atoms in total. The van der Waals surface area contributed by atoms with E-state index in [1.54, 1.807) is 0 Å². The van der Waals surface area contributed by atoms with Gasteiger partial charge in [-0.25, -0.2) is 0 Å². The summed E-state index contributed by atoms with van der Waals surface area (Å²) in [5, 5.41) is 2.91. The van der Waals surface area contributed by atoms with Crippen molar-refractivity contribution in [2.75, 3.05) is 5.32 Å². The number of anilines is 1. The molecule has 1 unspecified atom stereocenters. The second-order valence-corrected chi connectivity index (χ2v) is 5.43. The molecular weight excluding hydrogens is 282 g/mol. The lowest BCUT2D eigenvalue weighted by Gasteiger charge is -2.29. The van der Waals surface area contributed by atoms with Crippen LogP contribution in [0, 0.1) is 5.92 Å². The zero-order valence-electron chi connectivity index (χ0n) is 10.2. The number of rotatable bonds is 2. The molecule has 1 aromatic rings. The van der Waals surface area contributed by atoms with E-state index >= 15 is 0 Å². The monoisotopic (exact) mass is 297 g/mol. The summed E-state index contributed by atoms with van der Waals surface area (Å²) in [6.45, 7) is 6.03. The molecule has 1 N–H and O–H groups in total. The third kappa shape index (κ3) is 2.32. The summed E-state index contributed by atoms with van der Waals surface area (Å²) < 4.78 is 6.68. The second-order valence-electron chi connectivity index (χ2n) is 4.58. The van der Waals surface area contributed by atoms with E-state index in [2.05, 4.69) is 28.2 Å². The SMILES string of the molecule is CCc1cc(Br)c2c(c1)NC(=O)C(C(C)C)O2. The Hall–Kier alpha value is -1.03. The number of nitrogens with one attached hydrogen (secondary N) is 1. The van der Waals surface area contributed by atoms with Gasteiger partial charge in [0.25, 0.3) is 5.91 Å². The molecule has 17 heavy (non-hydrogen) atoms. The summed E-state index contributed by atoms with van der Waals surface area (Å²) >= 11 is 3.49. The number of ether oxygens (including phenoxy) is 1. The van der Waals surface area contributed by atoms with Gasteiger partial charge in [-0.1, -0.05) is 20.8 Å². The third-order valence-electron chi connectivity index (χ3n) is 2.88. The van der Waals surface area contributed by atoms with Crippen LogP contribution in [0.3, 0.4) is 0 Å². The second kappa shape index (κ2) is 4.69. The Kier molecular flexibility index (Phi) is 3.43. The van der Waals surface area contributed by atoms with Gasteiger partial charge in [-0.15, -0.1) is 0 Å². The third-order valence-corrected chi connectivity index (χ3v) is 3.47. The van der Waals surface area contributed by atoms with Gasteiger partial charge in [0.2, 0.25) is 0 Å². The average molecular weight is 298 g/mol. The van der Waals surface area contributed by atoms with Crippen LogP contribution in [0.2, 0.25) is 0 Å². The maximum atomic E-state index is 11.9. The van der Waals surface area contributed by atoms with Crippen molar-refractivity contribution in [2.45, 2.75) is 33.3 Å². The summed E-state index contributed by atoms with van der Waals surface area (Å²) in [7, 11) is 0. The number of carbonyl (C=O) groups excluding carboxylic acids is 1. The van der Waals surface area contributed by atoms with Crippen molar-refractivity contribution in [1.82, 2.24) is 0 Å². The summed E-state index contributed by atoms with van der Waals surface area (Å²) in [5.41, 5.74) is 1.93. The van der Waals surface area contributed by atoms with Crippen molar-refractivity contribution in [2.24, 2.45) is 5.92 Å². The molecule has 0 aliphatic carbocycles. The zero-order valence-corrected chi connectivity index (χ0v) is 11.8. The van der Waals surface area contributed by atoms with Crippen LogP contribution < -0.4 is 10.1 Å². The molecule has 1 aromatic carbocycles. The molecule has 92 valence electrons. The predicted molar refractivity (Wildman–Crippen MR) is 71.4 cm³/mol. The lowest BCUT2D eigenvalue weighted by Crippen LogP contribution is -2.40. The largest absolute Gasteiger partial charge is 0.477 e. The van der Waals surface area contributed by atoms with Gasteiger partial charge in [0.1, 0.15) is 0 Å². The number of carbonyl (C=O) groups is 1. The molecule has 0 spiro atoms. The first-order chi connectivity index (χ1) is 8.02. The van der Waals surface area contributed by atoms with E-state index < -0.39 is 6.10 Å². The van der Waals surface area contributed by atoms with Gasteiger partial charge < -0.3 is 10.1 Å². The van der Waals surface area contributed by atoms with E-state index in [4.69, 9.17) is 4.74 Å². The molecule has 1 atom stereocenters. The molecule has 0 fully saturated rings. The fourth-order valence-electron chi connectivity index (χ4n) is 1.89. The van der Waals surface area contributed by atoms with Gasteiger partial charge in [-0.3, -0.25) is 4.79 Å². The summed E-state index contributed by atoms with van der Waals surface area (Å²) in [5.74, 6) is 0.828. The standard InChI is InChI=1S/C13H16BrNO2/c1-4-8-5-9(14)12-10(6-8)15-13(16)11(17-12)7(2)3/h5-7,11H,4H2,1-3H3,(H,15,16). The summed E-state index contributed by atoms with van der Waals surface area (Å²) in [6, 6.07) is 4.00. The molecule has 4 heteroatoms. The van der Waals surface area contributed by atoms with Crippen molar-refractivity contribution >= 4 is 27.5 Å². The Balaban J connectivity index is 2.41. The number of fused-ring (bicyclic) bond motifs is 1. The van der Waals surface area contributed by atoms with Crippen LogP contribution in [0.1, 0.15) is 26.3 Å². The van der Waals surface area contributed by atoms with E-state index in [1.165, 1.54) is 5.56 Å². The molecule has 1 aliphatic heterocycles. The van der Waals surface area contributed by atoms with Crippen LogP contribution in [-0.2, 0) is 11.2 Å². The highest BCUT2D eigenvalue weighted by atomic mass is 79.9. The van der Waals surface area contributed by atoms with Crippen molar-refractivity contribution in [1.29, 1.82) is 0 Å². The molecular formula is C13H16BrNO2. The fourth-order valence-corrected chi connectivity index (χ4v) is 2.49. The topological polar surface area (TPSA) is 38.3 Å². The lowest BCUT2D eigenvalue weighted by molar-refractivity contribution is -0.125. The normalized spacial score (nSPS) is 18.6. The van der Waals surface area contributed by atoms with Crippen molar-refractivity contribution in [3.8, 4) is 5.75 Å². The molecule has 2 rings (SSSR count). The van der Waals surface area contributed by atoms with E-state index in [0.717, 1.165) is 22.3 Å². The molecule has 1 aliphatic rings. The van der Waals surface area contributed by atoms with Crippen LogP contribution in [0.4, 0.5) is 5.69 Å². The van der Waals surface area contributed by atoms with E-state index in [0.29, 0.717) is 0 Å². The first-order valence-corrected chi connectivity index (χ1v) is 6.62. The first kappa shape index (κ1) is 12.4. The van der Waals surface area contributed by atoms with Gasteiger partial charge in [0.15, 0.2) is 11.9 Å². The molecule has 0 saturated heterocycles. The Morgan fingerprint density at radius 3 is 2.76 bits per heavy atom. The minimum atomic E-state index is -0.411. The maximum Gasteiger partial charge on any atom is 0.265 e. The molecule has 1 heterocycles. The summed E-state index contributed by atoms with van der Waals surface area (Å²) in [6.07, 6.45) is 0.515. The van der Waals surface area contributed by atoms with Gasteiger partial charge in [0, 0.05) is 0 Å². The van der Waals surface area contributed by atoms with Gasteiger partial charge in [-0.2, -0.15) is 0 Å². The number of hydrogen-bond donors (Lipinski definition) is 1. The van der Waals surface area contributed by atoms with Gasteiger partial charge >= 0.3 is 0 Å². The predicted octanol–water partition coefficient (Wildman–Crippen LogP) is 3.37. The smallest absolute Gasteiger partial charge is 0.265 e. The van der Waals surface area contributed by atoms with E-state index in [1.807, 2.05) is 26.0 Å². The van der Waals surface area contributed by atoms with Crippen LogP contribution >= 0.6 is 15.9 Å². The van der Waals surface area contributed by atoms with E-state index in [-0.39, 0.29) is 11.8 Å². The van der Waals surface area contributed by atoms with E-state index in [9.17, 15) is 4.79 Å². The fraction of sp³-hybridized carbons (Fsp3) is 0.462. The molecule has 0 saturated carbocycles. The number of amides is 1. The van der Waals surface area contributed by atoms with Gasteiger partial charge in [0.05, 0.1) is 10.2 Å². The minimum Gasteiger partial charge on any atom is -0.477 e. The van der Waals surface area contributed by atoms with Crippen LogP contribution in [0.25, 0.3) is 0 Å². The van der Waals surface area contributed by atoms with Crippen LogP contribution in [-0.4, -0.2) is 12.0 Å². The number of benzene rings is 1. The Bertz CT molecular complexity index is 457. The lowest BCUT2D eigenvalue weighted by atomic mass is 10.0. The zero-order chi connectivity index (χ0) is 12.6. The molecule has 1 amide bonds. The van der Waals surface area contributed by atoms with Crippen molar-refractivity contribution in [3.05, 3.63) is 22.2 Å². The highest BCUT2D eigenvalue weighted by Gasteiger charge is 2.31. The molecule has 0 radical (unpaired) electrons. The quantitative estimate of drug-likeness (QED) is 0.909. The Labute approximate surface area is 110 Å². The first-order valence-electron chi connectivity index (χ1n) is 5.83. The number of aryl methyl sites for hydroxylation is 1. The molecule has 0 aromatic heterocycles. The van der Waals surface area contributed by atoms with Crippen LogP contribution in [0.5, 0.6) is 5.75 Å². The number of halogens is 1. The van der Waals surface area contributed by atoms with Crippen LogP contribution in [0.15, 0.2) is 16.6 Å². The molecule has 0 bridgehead atoms. The minimum absolute atomic E-state index is 0.0624. The highest BCUT2D eigenvalue weighted by molar-refractivity contribution is 9.10.